The highest BCUT2D eigenvalue weighted by atomic mass is 32.1. The van der Waals surface area contributed by atoms with Gasteiger partial charge in [0.25, 0.3) is 5.91 Å². The summed E-state index contributed by atoms with van der Waals surface area (Å²) in [5, 5.41) is 3.42. The van der Waals surface area contributed by atoms with Gasteiger partial charge in [0.05, 0.1) is 6.20 Å². The Morgan fingerprint density at radius 1 is 1.31 bits per heavy atom. The summed E-state index contributed by atoms with van der Waals surface area (Å²) in [4.78, 5) is 19.5. The zero-order valence-electron chi connectivity index (χ0n) is 14.3. The van der Waals surface area contributed by atoms with Gasteiger partial charge in [0.15, 0.2) is 0 Å². The van der Waals surface area contributed by atoms with E-state index in [-0.39, 0.29) is 11.7 Å². The molecule has 1 aliphatic rings. The van der Waals surface area contributed by atoms with Crippen molar-refractivity contribution in [3.05, 3.63) is 64.9 Å². The maximum atomic E-state index is 13.9. The lowest BCUT2D eigenvalue weighted by atomic mass is 10.1. The zero-order valence-corrected chi connectivity index (χ0v) is 15.1. The molecule has 2 heterocycles. The second kappa shape index (κ2) is 6.88. The topological polar surface area (TPSA) is 45.2 Å². The van der Waals surface area contributed by atoms with E-state index >= 15 is 0 Å². The predicted octanol–water partition coefficient (Wildman–Crippen LogP) is 4.58. The molecule has 1 aromatic heterocycles. The van der Waals surface area contributed by atoms with E-state index in [1.165, 1.54) is 34.9 Å². The van der Waals surface area contributed by atoms with Crippen molar-refractivity contribution in [2.45, 2.75) is 13.3 Å². The van der Waals surface area contributed by atoms with Crippen LogP contribution in [-0.2, 0) is 6.42 Å². The number of nitrogens with zero attached hydrogens (tertiary/aromatic N) is 2. The van der Waals surface area contributed by atoms with Gasteiger partial charge < -0.3 is 10.2 Å². The van der Waals surface area contributed by atoms with E-state index in [1.54, 1.807) is 18.2 Å². The number of rotatable bonds is 4. The molecule has 0 radical (unpaired) electrons. The van der Waals surface area contributed by atoms with Crippen LogP contribution in [0.2, 0.25) is 0 Å². The third kappa shape index (κ3) is 3.08. The minimum absolute atomic E-state index is 0.230. The summed E-state index contributed by atoms with van der Waals surface area (Å²) in [6, 6.07) is 12.4. The number of halogens is 1. The molecule has 0 spiro atoms. The van der Waals surface area contributed by atoms with Gasteiger partial charge in [0.2, 0.25) is 0 Å². The third-order valence-corrected chi connectivity index (χ3v) is 5.58. The number of nitrogens with one attached hydrogen (secondary N) is 1. The number of carbonyl (C=O) groups is 1. The Balaban J connectivity index is 1.54. The molecule has 0 saturated carbocycles. The van der Waals surface area contributed by atoms with Crippen LogP contribution in [0.5, 0.6) is 0 Å². The summed E-state index contributed by atoms with van der Waals surface area (Å²) in [5.74, 6) is -0.571. The number of likely N-dealkylation sites (N-methyl/N-ethyl adjacent to an activating group) is 1. The van der Waals surface area contributed by atoms with Crippen LogP contribution in [0.4, 0.5) is 15.8 Å². The summed E-state index contributed by atoms with van der Waals surface area (Å²) in [5.41, 5.74) is 3.66. The number of fused-ring (bicyclic) bond motifs is 1. The number of amides is 1. The van der Waals surface area contributed by atoms with Gasteiger partial charge >= 0.3 is 0 Å². The quantitative estimate of drug-likeness (QED) is 0.734. The Morgan fingerprint density at radius 3 is 2.96 bits per heavy atom. The molecule has 26 heavy (non-hydrogen) atoms. The maximum Gasteiger partial charge on any atom is 0.267 e. The molecule has 4 nitrogen and oxygen atoms in total. The van der Waals surface area contributed by atoms with Gasteiger partial charge in [-0.05, 0) is 43.2 Å². The Hall–Kier alpha value is -2.73. The molecular formula is C20H18FN3OS. The third-order valence-electron chi connectivity index (χ3n) is 4.55. The van der Waals surface area contributed by atoms with E-state index in [0.717, 1.165) is 25.2 Å². The number of aromatic nitrogens is 1. The minimum atomic E-state index is -0.341. The number of anilines is 2. The molecule has 2 aromatic carbocycles. The van der Waals surface area contributed by atoms with Crippen LogP contribution in [0.15, 0.2) is 48.7 Å². The van der Waals surface area contributed by atoms with Crippen LogP contribution < -0.4 is 10.2 Å². The minimum Gasteiger partial charge on any atom is -0.371 e. The Morgan fingerprint density at radius 2 is 2.15 bits per heavy atom. The number of hydrogen-bond donors (Lipinski definition) is 1. The first-order chi connectivity index (χ1) is 12.7. The molecule has 1 N–H and O–H groups in total. The summed E-state index contributed by atoms with van der Waals surface area (Å²) in [6.45, 7) is 4.09. The van der Waals surface area contributed by atoms with Crippen molar-refractivity contribution in [2.24, 2.45) is 0 Å². The first kappa shape index (κ1) is 16.7. The molecule has 3 aromatic rings. The van der Waals surface area contributed by atoms with Crippen LogP contribution in [-0.4, -0.2) is 24.0 Å². The molecule has 0 atom stereocenters. The number of thiazole rings is 1. The molecule has 0 aliphatic carbocycles. The predicted molar refractivity (Wildman–Crippen MR) is 103 cm³/mol. The lowest BCUT2D eigenvalue weighted by Crippen LogP contribution is -2.19. The summed E-state index contributed by atoms with van der Waals surface area (Å²) < 4.78 is 13.9. The lowest BCUT2D eigenvalue weighted by Gasteiger charge is -2.17. The number of benzene rings is 2. The van der Waals surface area contributed by atoms with Crippen molar-refractivity contribution in [1.29, 1.82) is 0 Å². The van der Waals surface area contributed by atoms with Crippen LogP contribution >= 0.6 is 11.3 Å². The lowest BCUT2D eigenvalue weighted by molar-refractivity contribution is 0.103. The highest BCUT2D eigenvalue weighted by Crippen LogP contribution is 2.31. The van der Waals surface area contributed by atoms with E-state index in [9.17, 15) is 9.18 Å². The molecule has 0 fully saturated rings. The van der Waals surface area contributed by atoms with Gasteiger partial charge in [-0.1, -0.05) is 18.2 Å². The molecule has 4 rings (SSSR count). The average Bonchev–Trinajstić information content (AvgIpc) is 3.29. The van der Waals surface area contributed by atoms with Crippen LogP contribution in [0.1, 0.15) is 22.2 Å². The van der Waals surface area contributed by atoms with Crippen LogP contribution in [0.3, 0.4) is 0 Å². The monoisotopic (exact) mass is 367 g/mol. The van der Waals surface area contributed by atoms with Crippen molar-refractivity contribution in [3.63, 3.8) is 0 Å². The van der Waals surface area contributed by atoms with E-state index in [0.29, 0.717) is 15.4 Å². The second-order valence-electron chi connectivity index (χ2n) is 6.14. The highest BCUT2D eigenvalue weighted by molar-refractivity contribution is 7.17. The standard InChI is InChI=1S/C20H18FN3OS/c1-2-24-10-9-13-7-8-14(11-17(13)24)23-19(25)18-12-22-20(26-18)15-5-3-4-6-16(15)21/h3-8,11-12H,2,9-10H2,1H3,(H,23,25). The van der Waals surface area contributed by atoms with Gasteiger partial charge in [-0.2, -0.15) is 0 Å². The summed E-state index contributed by atoms with van der Waals surface area (Å²) in [7, 11) is 0. The van der Waals surface area contributed by atoms with Crippen molar-refractivity contribution in [1.82, 2.24) is 4.98 Å². The smallest absolute Gasteiger partial charge is 0.267 e. The zero-order chi connectivity index (χ0) is 18.1. The SMILES string of the molecule is CCN1CCc2ccc(NC(=O)c3cnc(-c4ccccc4F)s3)cc21. The highest BCUT2D eigenvalue weighted by Gasteiger charge is 2.19. The first-order valence-electron chi connectivity index (χ1n) is 8.55. The maximum absolute atomic E-state index is 13.9. The van der Waals surface area contributed by atoms with Gasteiger partial charge in [0, 0.05) is 30.0 Å². The molecular weight excluding hydrogens is 349 g/mol. The molecule has 0 unspecified atom stereocenters. The molecule has 1 amide bonds. The fraction of sp³-hybridized carbons (Fsp3) is 0.200. The summed E-state index contributed by atoms with van der Waals surface area (Å²) >= 11 is 1.18. The molecule has 132 valence electrons. The normalized spacial score (nSPS) is 12.9. The van der Waals surface area contributed by atoms with Gasteiger partial charge in [-0.3, -0.25) is 4.79 Å². The average molecular weight is 367 g/mol. The second-order valence-corrected chi connectivity index (χ2v) is 7.17. The van der Waals surface area contributed by atoms with Crippen molar-refractivity contribution >= 4 is 28.6 Å². The molecule has 0 saturated heterocycles. The fourth-order valence-electron chi connectivity index (χ4n) is 3.18. The van der Waals surface area contributed by atoms with Crippen LogP contribution in [0.25, 0.3) is 10.6 Å². The van der Waals surface area contributed by atoms with E-state index in [1.807, 2.05) is 12.1 Å². The van der Waals surface area contributed by atoms with Gasteiger partial charge in [-0.25, -0.2) is 9.37 Å². The molecule has 1 aliphatic heterocycles. The number of carbonyl (C=O) groups excluding carboxylic acids is 1. The van der Waals surface area contributed by atoms with Crippen molar-refractivity contribution in [2.75, 3.05) is 23.3 Å². The largest absolute Gasteiger partial charge is 0.371 e. The Labute approximate surface area is 155 Å². The number of hydrogen-bond acceptors (Lipinski definition) is 4. The fourth-order valence-corrected chi connectivity index (χ4v) is 4.02. The molecule has 0 bridgehead atoms. The van der Waals surface area contributed by atoms with Gasteiger partial charge in [-0.15, -0.1) is 11.3 Å². The van der Waals surface area contributed by atoms with Crippen LogP contribution in [0, 0.1) is 5.82 Å². The summed E-state index contributed by atoms with van der Waals surface area (Å²) in [6.07, 6.45) is 2.53. The Bertz CT molecular complexity index is 969. The first-order valence-corrected chi connectivity index (χ1v) is 9.37. The Kier molecular flexibility index (Phi) is 4.42. The van der Waals surface area contributed by atoms with E-state index in [2.05, 4.69) is 28.2 Å². The van der Waals surface area contributed by atoms with E-state index < -0.39 is 0 Å². The molecule has 6 heteroatoms. The van der Waals surface area contributed by atoms with Crippen molar-refractivity contribution in [3.8, 4) is 10.6 Å². The van der Waals surface area contributed by atoms with E-state index in [4.69, 9.17) is 0 Å². The van der Waals surface area contributed by atoms with Crippen molar-refractivity contribution < 1.29 is 9.18 Å². The van der Waals surface area contributed by atoms with Gasteiger partial charge in [0.1, 0.15) is 15.7 Å².